The summed E-state index contributed by atoms with van der Waals surface area (Å²) in [5, 5.41) is 2.10. The highest BCUT2D eigenvalue weighted by molar-refractivity contribution is 6.00. The highest BCUT2D eigenvalue weighted by atomic mass is 14.9. The summed E-state index contributed by atoms with van der Waals surface area (Å²) in [5.74, 6) is 0.675. The van der Waals surface area contributed by atoms with Crippen molar-refractivity contribution >= 4 is 16.5 Å². The van der Waals surface area contributed by atoms with Gasteiger partial charge in [0.05, 0.1) is 18.0 Å². The van der Waals surface area contributed by atoms with Crippen molar-refractivity contribution < 1.29 is 0 Å². The lowest BCUT2D eigenvalue weighted by Gasteiger charge is -2.22. The van der Waals surface area contributed by atoms with Crippen molar-refractivity contribution in [1.29, 1.82) is 0 Å². The Kier molecular flexibility index (Phi) is 8.17. The van der Waals surface area contributed by atoms with Gasteiger partial charge in [0.25, 0.3) is 0 Å². The molecule has 2 heterocycles. The molecule has 4 nitrogen and oxygen atoms in total. The minimum Gasteiger partial charge on any atom is -0.264 e. The van der Waals surface area contributed by atoms with E-state index < -0.39 is 0 Å². The third-order valence-corrected chi connectivity index (χ3v) is 11.4. The lowest BCUT2D eigenvalue weighted by molar-refractivity contribution is 0.661. The zero-order valence-corrected chi connectivity index (χ0v) is 31.6. The van der Waals surface area contributed by atoms with Crippen LogP contribution >= 0.6 is 0 Å². The largest absolute Gasteiger partial charge is 0.264 e. The molecule has 57 heavy (non-hydrogen) atoms. The third kappa shape index (κ3) is 6.07. The average Bonchev–Trinajstić information content (AvgIpc) is 3.50. The predicted molar refractivity (Wildman–Crippen MR) is 234 cm³/mol. The van der Waals surface area contributed by atoms with E-state index in [4.69, 9.17) is 16.5 Å². The van der Waals surface area contributed by atoms with Gasteiger partial charge in [0, 0.05) is 40.1 Å². The fourth-order valence-electron chi connectivity index (χ4n) is 8.33. The second-order valence-electron chi connectivity index (χ2n) is 15.2. The molecule has 0 N–H and O–H groups in total. The summed E-state index contributed by atoms with van der Waals surface area (Å²) in [4.78, 5) is 18.7. The smallest absolute Gasteiger partial charge is 0.194 e. The number of aromatic nitrogens is 3. The molecule has 2 aromatic heterocycles. The Bertz CT molecular complexity index is 3020. The molecule has 0 spiro atoms. The molecule has 268 valence electrons. The van der Waals surface area contributed by atoms with E-state index in [1.165, 1.54) is 27.8 Å². The minimum atomic E-state index is -0.227. The zero-order chi connectivity index (χ0) is 38.5. The van der Waals surface area contributed by atoms with Gasteiger partial charge in [0.2, 0.25) is 0 Å². The summed E-state index contributed by atoms with van der Waals surface area (Å²) >= 11 is 0. The van der Waals surface area contributed by atoms with Gasteiger partial charge in [-0.15, -0.1) is 0 Å². The van der Waals surface area contributed by atoms with Crippen LogP contribution in [-0.4, -0.2) is 15.0 Å². The Morgan fingerprint density at radius 1 is 0.456 bits per heavy atom. The van der Waals surface area contributed by atoms with Crippen LogP contribution in [0.4, 0.5) is 5.69 Å². The van der Waals surface area contributed by atoms with Gasteiger partial charge in [-0.25, -0.2) is 14.8 Å². The highest BCUT2D eigenvalue weighted by Gasteiger charge is 2.36. The first-order chi connectivity index (χ1) is 27.9. The first-order valence-corrected chi connectivity index (χ1v) is 19.2. The molecule has 4 heteroatoms. The standard InChI is InChI=1S/C53H36N4/c1-53(2)47-29-38(23-24-44(47)46-31-45-39(30-48(46)53)16-10-18-49(45)54-3)41-26-42(40-17-11-25-55-33-40)28-43(27-41)51-32-50(56-52(57-51)37-14-8-5-9-15-37)36-21-19-35(20-22-36)34-12-6-4-7-13-34/h4-33H,1-2H3. The quantitative estimate of drug-likeness (QED) is 0.160. The Labute approximate surface area is 332 Å². The van der Waals surface area contributed by atoms with Gasteiger partial charge in [0.15, 0.2) is 11.5 Å². The molecule has 0 unspecified atom stereocenters. The van der Waals surface area contributed by atoms with Gasteiger partial charge in [-0.05, 0) is 97.2 Å². The highest BCUT2D eigenvalue weighted by Crippen LogP contribution is 2.51. The molecular formula is C53H36N4. The van der Waals surface area contributed by atoms with Crippen molar-refractivity contribution in [3.05, 3.63) is 205 Å². The van der Waals surface area contributed by atoms with Gasteiger partial charge in [-0.2, -0.15) is 0 Å². The number of rotatable bonds is 6. The van der Waals surface area contributed by atoms with Crippen molar-refractivity contribution in [2.24, 2.45) is 0 Å². The van der Waals surface area contributed by atoms with Crippen LogP contribution in [0.5, 0.6) is 0 Å². The molecule has 0 amide bonds. The summed E-state index contributed by atoms with van der Waals surface area (Å²) in [6.07, 6.45) is 3.73. The summed E-state index contributed by atoms with van der Waals surface area (Å²) in [6, 6.07) is 59.6. The van der Waals surface area contributed by atoms with Gasteiger partial charge in [-0.1, -0.05) is 147 Å². The number of nitrogens with zero attached hydrogens (tertiary/aromatic N) is 4. The molecule has 7 aromatic carbocycles. The van der Waals surface area contributed by atoms with Crippen LogP contribution in [0.1, 0.15) is 25.0 Å². The molecule has 1 aliphatic carbocycles. The molecule has 10 rings (SSSR count). The molecule has 0 fully saturated rings. The van der Waals surface area contributed by atoms with Crippen LogP contribution in [0.15, 0.2) is 182 Å². The molecule has 0 saturated heterocycles. The third-order valence-electron chi connectivity index (χ3n) is 11.4. The van der Waals surface area contributed by atoms with Gasteiger partial charge in [-0.3, -0.25) is 4.98 Å². The van der Waals surface area contributed by atoms with E-state index in [9.17, 15) is 0 Å². The van der Waals surface area contributed by atoms with Crippen LogP contribution < -0.4 is 0 Å². The fraction of sp³-hybridized carbons (Fsp3) is 0.0566. The average molecular weight is 729 g/mol. The second kappa shape index (κ2) is 13.7. The molecule has 1 aliphatic rings. The van der Waals surface area contributed by atoms with Crippen LogP contribution in [0, 0.1) is 6.57 Å². The lowest BCUT2D eigenvalue weighted by Crippen LogP contribution is -2.15. The maximum absolute atomic E-state index is 7.79. The molecule has 0 bridgehead atoms. The van der Waals surface area contributed by atoms with E-state index in [0.29, 0.717) is 11.5 Å². The van der Waals surface area contributed by atoms with Crippen molar-refractivity contribution in [3.8, 4) is 78.4 Å². The first-order valence-electron chi connectivity index (χ1n) is 19.2. The molecule has 0 saturated carbocycles. The maximum atomic E-state index is 7.79. The Morgan fingerprint density at radius 3 is 1.79 bits per heavy atom. The van der Waals surface area contributed by atoms with E-state index in [-0.39, 0.29) is 5.41 Å². The fourth-order valence-corrected chi connectivity index (χ4v) is 8.33. The summed E-state index contributed by atoms with van der Waals surface area (Å²) < 4.78 is 0. The van der Waals surface area contributed by atoms with Crippen molar-refractivity contribution in [2.45, 2.75) is 19.3 Å². The van der Waals surface area contributed by atoms with E-state index in [2.05, 4.69) is 151 Å². The number of hydrogen-bond acceptors (Lipinski definition) is 3. The van der Waals surface area contributed by atoms with Crippen LogP contribution in [0.3, 0.4) is 0 Å². The minimum absolute atomic E-state index is 0.227. The number of pyridine rings is 1. The van der Waals surface area contributed by atoms with Crippen molar-refractivity contribution in [2.75, 3.05) is 0 Å². The van der Waals surface area contributed by atoms with E-state index in [1.54, 1.807) is 0 Å². The molecule has 0 aliphatic heterocycles. The number of fused-ring (bicyclic) bond motifs is 4. The number of hydrogen-bond donors (Lipinski definition) is 0. The summed E-state index contributed by atoms with van der Waals surface area (Å²) in [5.41, 5.74) is 16.8. The SMILES string of the molecule is [C-]#[N+]c1cccc2cc3c(cc12)-c1ccc(-c2cc(-c4cccnc4)cc(-c4cc(-c5ccc(-c6ccccc6)cc5)nc(-c5ccccc5)n4)c2)cc1C3(C)C. The van der Waals surface area contributed by atoms with Crippen LogP contribution in [0.2, 0.25) is 0 Å². The topological polar surface area (TPSA) is 43.0 Å². The second-order valence-corrected chi connectivity index (χ2v) is 15.2. The van der Waals surface area contributed by atoms with Crippen LogP contribution in [-0.2, 0) is 5.41 Å². The predicted octanol–water partition coefficient (Wildman–Crippen LogP) is 13.9. The van der Waals surface area contributed by atoms with Crippen molar-refractivity contribution in [3.63, 3.8) is 0 Å². The van der Waals surface area contributed by atoms with Crippen molar-refractivity contribution in [1.82, 2.24) is 15.0 Å². The monoisotopic (exact) mass is 728 g/mol. The Hall–Kier alpha value is -7.48. The van der Waals surface area contributed by atoms with Gasteiger partial charge >= 0.3 is 0 Å². The Balaban J connectivity index is 1.13. The zero-order valence-electron chi connectivity index (χ0n) is 31.6. The van der Waals surface area contributed by atoms with E-state index in [1.807, 2.05) is 54.9 Å². The molecule has 0 radical (unpaired) electrons. The van der Waals surface area contributed by atoms with Crippen LogP contribution in [0.25, 0.3) is 94.0 Å². The van der Waals surface area contributed by atoms with E-state index in [0.717, 1.165) is 66.7 Å². The van der Waals surface area contributed by atoms with Gasteiger partial charge < -0.3 is 0 Å². The maximum Gasteiger partial charge on any atom is 0.194 e. The summed E-state index contributed by atoms with van der Waals surface area (Å²) in [7, 11) is 0. The molecule has 0 atom stereocenters. The summed E-state index contributed by atoms with van der Waals surface area (Å²) in [6.45, 7) is 12.4. The molecular weight excluding hydrogens is 693 g/mol. The van der Waals surface area contributed by atoms with E-state index >= 15 is 0 Å². The molecule has 9 aromatic rings. The van der Waals surface area contributed by atoms with Gasteiger partial charge in [0.1, 0.15) is 0 Å². The normalized spacial score (nSPS) is 12.5. The number of benzene rings is 7. The first kappa shape index (κ1) is 34.0. The lowest BCUT2D eigenvalue weighted by atomic mass is 9.81. The Morgan fingerprint density at radius 2 is 1.07 bits per heavy atom.